The molecule has 0 amide bonds. The predicted molar refractivity (Wildman–Crippen MR) is 73.7 cm³/mol. The van der Waals surface area contributed by atoms with Crippen molar-refractivity contribution >= 4 is 11.3 Å². The van der Waals surface area contributed by atoms with Crippen LogP contribution in [0.25, 0.3) is 0 Å². The summed E-state index contributed by atoms with van der Waals surface area (Å²) < 4.78 is 5.67. The summed E-state index contributed by atoms with van der Waals surface area (Å²) in [5.41, 5.74) is -0.791. The largest absolute Gasteiger partial charge is 0.384 e. The van der Waals surface area contributed by atoms with Crippen molar-refractivity contribution in [2.75, 3.05) is 13.2 Å². The number of thiophene rings is 1. The molecule has 1 aliphatic heterocycles. The van der Waals surface area contributed by atoms with E-state index in [2.05, 4.69) is 43.6 Å². The Bertz CT molecular complexity index is 377. The Labute approximate surface area is 113 Å². The van der Waals surface area contributed by atoms with Crippen LogP contribution in [0.4, 0.5) is 0 Å². The van der Waals surface area contributed by atoms with Gasteiger partial charge < -0.3 is 15.2 Å². The molecule has 1 aromatic rings. The van der Waals surface area contributed by atoms with E-state index < -0.39 is 5.60 Å². The molecule has 18 heavy (non-hydrogen) atoms. The molecule has 1 saturated heterocycles. The summed E-state index contributed by atoms with van der Waals surface area (Å²) in [6, 6.07) is 4.65. The predicted octanol–water partition coefficient (Wildman–Crippen LogP) is 1.69. The molecule has 1 aliphatic rings. The van der Waals surface area contributed by atoms with Crippen LogP contribution in [0.5, 0.6) is 0 Å². The fourth-order valence-electron chi connectivity index (χ4n) is 2.69. The lowest BCUT2D eigenvalue weighted by molar-refractivity contribution is -0.704. The van der Waals surface area contributed by atoms with Crippen molar-refractivity contribution in [1.29, 1.82) is 0 Å². The zero-order valence-corrected chi connectivity index (χ0v) is 12.3. The molecule has 0 spiro atoms. The maximum Gasteiger partial charge on any atom is 0.118 e. The van der Waals surface area contributed by atoms with Gasteiger partial charge in [-0.2, -0.15) is 0 Å². The Morgan fingerprint density at radius 3 is 2.94 bits per heavy atom. The van der Waals surface area contributed by atoms with Crippen molar-refractivity contribution in [3.05, 3.63) is 22.4 Å². The first-order valence-corrected chi connectivity index (χ1v) is 7.51. The summed E-state index contributed by atoms with van der Waals surface area (Å²) in [6.45, 7) is 7.71. The van der Waals surface area contributed by atoms with Crippen LogP contribution in [0, 0.1) is 0 Å². The lowest BCUT2D eigenvalue weighted by Gasteiger charge is -2.40. The highest BCUT2D eigenvalue weighted by Gasteiger charge is 2.41. The van der Waals surface area contributed by atoms with Crippen molar-refractivity contribution in [2.45, 2.75) is 50.9 Å². The first-order valence-electron chi connectivity index (χ1n) is 6.63. The Morgan fingerprint density at radius 1 is 1.56 bits per heavy atom. The minimum Gasteiger partial charge on any atom is -0.384 e. The Hall–Kier alpha value is -0.420. The summed E-state index contributed by atoms with van der Waals surface area (Å²) in [4.78, 5) is 1.37. The third-order valence-corrected chi connectivity index (χ3v) is 4.73. The monoisotopic (exact) mass is 270 g/mol. The highest BCUT2D eigenvalue weighted by atomic mass is 32.1. The zero-order chi connectivity index (χ0) is 13.2. The summed E-state index contributed by atoms with van der Waals surface area (Å²) in [5.74, 6) is 0. The van der Waals surface area contributed by atoms with Gasteiger partial charge in [-0.05, 0) is 32.2 Å². The van der Waals surface area contributed by atoms with Crippen molar-refractivity contribution < 1.29 is 15.2 Å². The van der Waals surface area contributed by atoms with E-state index in [4.69, 9.17) is 4.74 Å². The molecule has 1 aromatic heterocycles. The SMILES string of the molecule is C[C@H]([NH2+]C[C@@]1(O)CCOC(C)(C)C1)c1cccs1. The van der Waals surface area contributed by atoms with Gasteiger partial charge in [0.15, 0.2) is 0 Å². The van der Waals surface area contributed by atoms with Gasteiger partial charge in [0.2, 0.25) is 0 Å². The van der Waals surface area contributed by atoms with Crippen molar-refractivity contribution in [3.63, 3.8) is 0 Å². The molecular formula is C14H24NO2S+. The lowest BCUT2D eigenvalue weighted by Crippen LogP contribution is -2.89. The quantitative estimate of drug-likeness (QED) is 0.874. The summed E-state index contributed by atoms with van der Waals surface area (Å²) in [5, 5.41) is 15.0. The van der Waals surface area contributed by atoms with Crippen molar-refractivity contribution in [1.82, 2.24) is 0 Å². The van der Waals surface area contributed by atoms with Crippen LogP contribution in [0.1, 0.15) is 44.5 Å². The van der Waals surface area contributed by atoms with Gasteiger partial charge in [-0.25, -0.2) is 0 Å². The first-order chi connectivity index (χ1) is 8.40. The number of ether oxygens (including phenoxy) is 1. The van der Waals surface area contributed by atoms with Crippen molar-refractivity contribution in [2.24, 2.45) is 0 Å². The van der Waals surface area contributed by atoms with Gasteiger partial charge in [0.05, 0.1) is 17.1 Å². The maximum absolute atomic E-state index is 10.6. The first kappa shape index (κ1) is 14.0. The fraction of sp³-hybridized carbons (Fsp3) is 0.714. The molecule has 1 fully saturated rings. The van der Waals surface area contributed by atoms with E-state index in [0.29, 0.717) is 19.1 Å². The summed E-state index contributed by atoms with van der Waals surface area (Å²) in [7, 11) is 0. The molecule has 2 rings (SSSR count). The number of aliphatic hydroxyl groups is 1. The molecule has 3 nitrogen and oxygen atoms in total. The second-order valence-electron chi connectivity index (χ2n) is 6.00. The van der Waals surface area contributed by atoms with Crippen LogP contribution in [-0.4, -0.2) is 29.5 Å². The minimum atomic E-state index is -0.590. The molecule has 0 radical (unpaired) electrons. The van der Waals surface area contributed by atoms with Gasteiger partial charge in [-0.3, -0.25) is 0 Å². The van der Waals surface area contributed by atoms with Crippen molar-refractivity contribution in [3.8, 4) is 0 Å². The molecule has 0 unspecified atom stereocenters. The van der Waals surface area contributed by atoms with Crippen LogP contribution >= 0.6 is 11.3 Å². The Morgan fingerprint density at radius 2 is 2.33 bits per heavy atom. The number of nitrogens with two attached hydrogens (primary N) is 1. The molecule has 0 saturated carbocycles. The van der Waals surface area contributed by atoms with Crippen LogP contribution in [0.2, 0.25) is 0 Å². The highest BCUT2D eigenvalue weighted by molar-refractivity contribution is 7.10. The number of quaternary nitrogens is 1. The average Bonchev–Trinajstić information content (AvgIpc) is 2.77. The van der Waals surface area contributed by atoms with E-state index in [-0.39, 0.29) is 5.60 Å². The third kappa shape index (κ3) is 3.54. The van der Waals surface area contributed by atoms with Gasteiger partial charge in [0.1, 0.15) is 18.2 Å². The van der Waals surface area contributed by atoms with Gasteiger partial charge >= 0.3 is 0 Å². The molecule has 3 N–H and O–H groups in total. The second kappa shape index (κ2) is 5.29. The highest BCUT2D eigenvalue weighted by Crippen LogP contribution is 2.31. The van der Waals surface area contributed by atoms with Crippen LogP contribution < -0.4 is 5.32 Å². The number of rotatable bonds is 4. The third-order valence-electron chi connectivity index (χ3n) is 3.66. The maximum atomic E-state index is 10.6. The topological polar surface area (TPSA) is 46.1 Å². The average molecular weight is 270 g/mol. The van der Waals surface area contributed by atoms with E-state index in [0.717, 1.165) is 13.0 Å². The van der Waals surface area contributed by atoms with E-state index in [1.165, 1.54) is 4.88 Å². The lowest BCUT2D eigenvalue weighted by atomic mass is 9.84. The van der Waals surface area contributed by atoms with E-state index in [9.17, 15) is 5.11 Å². The summed E-state index contributed by atoms with van der Waals surface area (Å²) in [6.07, 6.45) is 1.46. The normalized spacial score (nSPS) is 29.1. The summed E-state index contributed by atoms with van der Waals surface area (Å²) >= 11 is 1.78. The van der Waals surface area contributed by atoms with E-state index >= 15 is 0 Å². The van der Waals surface area contributed by atoms with Gasteiger partial charge in [0.25, 0.3) is 0 Å². The molecular weight excluding hydrogens is 246 g/mol. The molecule has 4 heteroatoms. The minimum absolute atomic E-state index is 0.201. The van der Waals surface area contributed by atoms with E-state index in [1.54, 1.807) is 11.3 Å². The van der Waals surface area contributed by atoms with Crippen LogP contribution in [0.3, 0.4) is 0 Å². The molecule has 0 aliphatic carbocycles. The molecule has 0 aromatic carbocycles. The number of hydrogen-bond donors (Lipinski definition) is 2. The fourth-order valence-corrected chi connectivity index (χ4v) is 3.47. The Balaban J connectivity index is 1.89. The van der Waals surface area contributed by atoms with Crippen LogP contribution in [0.15, 0.2) is 17.5 Å². The smallest absolute Gasteiger partial charge is 0.118 e. The standard InChI is InChI=1S/C14H23NO2S/c1-11(12-5-4-8-18-12)15-10-14(16)6-7-17-13(2,3)9-14/h4-5,8,11,15-16H,6-7,9-10H2,1-3H3/p+1/t11-,14+/m0/s1. The van der Waals surface area contributed by atoms with Gasteiger partial charge in [-0.1, -0.05) is 6.07 Å². The second-order valence-corrected chi connectivity index (χ2v) is 6.98. The molecule has 2 heterocycles. The number of hydrogen-bond acceptors (Lipinski definition) is 3. The molecule has 0 bridgehead atoms. The van der Waals surface area contributed by atoms with Crippen LogP contribution in [-0.2, 0) is 4.74 Å². The zero-order valence-electron chi connectivity index (χ0n) is 11.5. The van der Waals surface area contributed by atoms with Gasteiger partial charge in [-0.15, -0.1) is 11.3 Å². The van der Waals surface area contributed by atoms with E-state index in [1.807, 2.05) is 0 Å². The molecule has 102 valence electrons. The molecule has 2 atom stereocenters. The van der Waals surface area contributed by atoms with Gasteiger partial charge in [0, 0.05) is 12.8 Å². The Kier molecular flexibility index (Phi) is 4.11.